The van der Waals surface area contributed by atoms with Crippen LogP contribution in [-0.2, 0) is 0 Å². The van der Waals surface area contributed by atoms with Crippen LogP contribution >= 0.6 is 11.6 Å². The lowest BCUT2D eigenvalue weighted by Gasteiger charge is -2.25. The van der Waals surface area contributed by atoms with E-state index in [2.05, 4.69) is 5.32 Å². The first-order chi connectivity index (χ1) is 9.72. The van der Waals surface area contributed by atoms with E-state index in [0.717, 1.165) is 11.1 Å². The Kier molecular flexibility index (Phi) is 5.56. The highest BCUT2D eigenvalue weighted by Crippen LogP contribution is 2.29. The largest absolute Gasteiger partial charge is 0.386 e. The van der Waals surface area contributed by atoms with E-state index in [0.29, 0.717) is 18.1 Å². The van der Waals surface area contributed by atoms with Crippen molar-refractivity contribution >= 4 is 11.6 Å². The van der Waals surface area contributed by atoms with Gasteiger partial charge >= 0.3 is 0 Å². The second-order valence-corrected chi connectivity index (χ2v) is 5.06. The molecule has 3 nitrogen and oxygen atoms in total. The van der Waals surface area contributed by atoms with Gasteiger partial charge < -0.3 is 16.2 Å². The molecule has 0 amide bonds. The molecule has 0 spiro atoms. The average molecular weight is 291 g/mol. The monoisotopic (exact) mass is 290 g/mol. The van der Waals surface area contributed by atoms with Gasteiger partial charge in [0.15, 0.2) is 0 Å². The van der Waals surface area contributed by atoms with E-state index >= 15 is 0 Å². The molecule has 20 heavy (non-hydrogen) atoms. The molecule has 2 aromatic rings. The van der Waals surface area contributed by atoms with Gasteiger partial charge in [0.1, 0.15) is 0 Å². The van der Waals surface area contributed by atoms with Crippen LogP contribution in [0.25, 0.3) is 0 Å². The minimum atomic E-state index is -0.652. The van der Waals surface area contributed by atoms with E-state index < -0.39 is 6.10 Å². The predicted molar refractivity (Wildman–Crippen MR) is 82.7 cm³/mol. The van der Waals surface area contributed by atoms with Crippen LogP contribution < -0.4 is 11.1 Å². The van der Waals surface area contributed by atoms with Gasteiger partial charge in [0, 0.05) is 18.1 Å². The second-order valence-electron chi connectivity index (χ2n) is 4.63. The van der Waals surface area contributed by atoms with Gasteiger partial charge in [-0.1, -0.05) is 54.1 Å². The smallest absolute Gasteiger partial charge is 0.0984 e. The number of benzene rings is 2. The maximum Gasteiger partial charge on any atom is 0.0984 e. The van der Waals surface area contributed by atoms with Crippen molar-refractivity contribution in [2.75, 3.05) is 13.1 Å². The molecule has 0 heterocycles. The SMILES string of the molecule is NCCN[C@@H](c1ccccc1)[C@H](O)c1ccc(Cl)cc1. The van der Waals surface area contributed by atoms with E-state index in [9.17, 15) is 5.11 Å². The minimum absolute atomic E-state index is 0.194. The molecular weight excluding hydrogens is 272 g/mol. The lowest BCUT2D eigenvalue weighted by atomic mass is 9.96. The zero-order chi connectivity index (χ0) is 14.4. The molecule has 2 rings (SSSR count). The number of hydrogen-bond donors (Lipinski definition) is 3. The van der Waals surface area contributed by atoms with Gasteiger partial charge in [0.25, 0.3) is 0 Å². The summed E-state index contributed by atoms with van der Waals surface area (Å²) in [5.74, 6) is 0. The fraction of sp³-hybridized carbons (Fsp3) is 0.250. The number of aliphatic hydroxyl groups excluding tert-OH is 1. The van der Waals surface area contributed by atoms with Crippen LogP contribution in [0.3, 0.4) is 0 Å². The first-order valence-electron chi connectivity index (χ1n) is 6.64. The molecule has 0 aliphatic heterocycles. The summed E-state index contributed by atoms with van der Waals surface area (Å²) in [5, 5.41) is 14.6. The number of hydrogen-bond acceptors (Lipinski definition) is 3. The van der Waals surface area contributed by atoms with Crippen molar-refractivity contribution in [3.63, 3.8) is 0 Å². The molecule has 0 radical (unpaired) electrons. The van der Waals surface area contributed by atoms with Crippen LogP contribution in [0, 0.1) is 0 Å². The zero-order valence-corrected chi connectivity index (χ0v) is 11.9. The van der Waals surface area contributed by atoms with Crippen molar-refractivity contribution in [2.45, 2.75) is 12.1 Å². The molecule has 0 saturated carbocycles. The van der Waals surface area contributed by atoms with E-state index in [1.54, 1.807) is 12.1 Å². The van der Waals surface area contributed by atoms with Crippen LogP contribution in [-0.4, -0.2) is 18.2 Å². The van der Waals surface area contributed by atoms with E-state index in [-0.39, 0.29) is 6.04 Å². The molecule has 2 aromatic carbocycles. The Morgan fingerprint density at radius 2 is 1.65 bits per heavy atom. The highest BCUT2D eigenvalue weighted by molar-refractivity contribution is 6.30. The van der Waals surface area contributed by atoms with Crippen molar-refractivity contribution in [1.29, 1.82) is 0 Å². The Labute approximate surface area is 124 Å². The summed E-state index contributed by atoms with van der Waals surface area (Å²) in [7, 11) is 0. The predicted octanol–water partition coefficient (Wildman–Crippen LogP) is 2.66. The lowest BCUT2D eigenvalue weighted by Crippen LogP contribution is -2.31. The summed E-state index contributed by atoms with van der Waals surface area (Å²) < 4.78 is 0. The first kappa shape index (κ1) is 15.0. The molecule has 4 heteroatoms. The van der Waals surface area contributed by atoms with Crippen molar-refractivity contribution in [3.8, 4) is 0 Å². The van der Waals surface area contributed by atoms with Crippen LogP contribution in [0.1, 0.15) is 23.3 Å². The molecule has 0 bridgehead atoms. The number of aliphatic hydroxyl groups is 1. The summed E-state index contributed by atoms with van der Waals surface area (Å²) in [4.78, 5) is 0. The average Bonchev–Trinajstić information content (AvgIpc) is 2.49. The van der Waals surface area contributed by atoms with Gasteiger partial charge in [0.05, 0.1) is 12.1 Å². The Balaban J connectivity index is 2.23. The Bertz CT molecular complexity index is 516. The van der Waals surface area contributed by atoms with E-state index in [1.165, 1.54) is 0 Å². The molecule has 4 N–H and O–H groups in total. The van der Waals surface area contributed by atoms with Crippen molar-refractivity contribution in [1.82, 2.24) is 5.32 Å². The maximum absolute atomic E-state index is 10.6. The fourth-order valence-corrected chi connectivity index (χ4v) is 2.29. The molecule has 2 atom stereocenters. The van der Waals surface area contributed by atoms with Gasteiger partial charge in [0.2, 0.25) is 0 Å². The summed E-state index contributed by atoms with van der Waals surface area (Å²) in [6.45, 7) is 1.17. The quantitative estimate of drug-likeness (QED) is 0.766. The van der Waals surface area contributed by atoms with Crippen LogP contribution in [0.15, 0.2) is 54.6 Å². The third-order valence-corrected chi connectivity index (χ3v) is 3.45. The van der Waals surface area contributed by atoms with Crippen LogP contribution in [0.5, 0.6) is 0 Å². The van der Waals surface area contributed by atoms with Gasteiger partial charge in [-0.25, -0.2) is 0 Å². The van der Waals surface area contributed by atoms with E-state index in [4.69, 9.17) is 17.3 Å². The molecular formula is C16H19ClN2O. The summed E-state index contributed by atoms with van der Waals surface area (Å²) in [6, 6.07) is 16.9. The third-order valence-electron chi connectivity index (χ3n) is 3.19. The summed E-state index contributed by atoms with van der Waals surface area (Å²) in [6.07, 6.45) is -0.652. The van der Waals surface area contributed by atoms with E-state index in [1.807, 2.05) is 42.5 Å². The molecule has 0 aliphatic carbocycles. The zero-order valence-electron chi connectivity index (χ0n) is 11.2. The van der Waals surface area contributed by atoms with Gasteiger partial charge in [-0.05, 0) is 23.3 Å². The number of nitrogens with one attached hydrogen (secondary N) is 1. The maximum atomic E-state index is 10.6. The molecule has 0 fully saturated rings. The number of rotatable bonds is 6. The first-order valence-corrected chi connectivity index (χ1v) is 7.02. The molecule has 0 aromatic heterocycles. The lowest BCUT2D eigenvalue weighted by molar-refractivity contribution is 0.129. The highest BCUT2D eigenvalue weighted by Gasteiger charge is 2.21. The topological polar surface area (TPSA) is 58.3 Å². The van der Waals surface area contributed by atoms with Crippen molar-refractivity contribution < 1.29 is 5.11 Å². The summed E-state index contributed by atoms with van der Waals surface area (Å²) >= 11 is 5.88. The van der Waals surface area contributed by atoms with Crippen molar-refractivity contribution in [3.05, 3.63) is 70.7 Å². The molecule has 106 valence electrons. The van der Waals surface area contributed by atoms with Crippen LogP contribution in [0.2, 0.25) is 5.02 Å². The van der Waals surface area contributed by atoms with Gasteiger partial charge in [-0.15, -0.1) is 0 Å². The van der Waals surface area contributed by atoms with Gasteiger partial charge in [-0.3, -0.25) is 0 Å². The molecule has 0 saturated heterocycles. The Morgan fingerprint density at radius 1 is 1.00 bits per heavy atom. The summed E-state index contributed by atoms with van der Waals surface area (Å²) in [5.41, 5.74) is 7.41. The van der Waals surface area contributed by atoms with Crippen LogP contribution in [0.4, 0.5) is 0 Å². The standard InChI is InChI=1S/C16H19ClN2O/c17-14-8-6-13(7-9-14)16(20)15(19-11-10-18)12-4-2-1-3-5-12/h1-9,15-16,19-20H,10-11,18H2/t15-,16+/m0/s1. The fourth-order valence-electron chi connectivity index (χ4n) is 2.16. The molecule has 0 unspecified atom stereocenters. The van der Waals surface area contributed by atoms with Crippen molar-refractivity contribution in [2.24, 2.45) is 5.73 Å². The normalized spacial score (nSPS) is 13.9. The Hall–Kier alpha value is -1.39. The minimum Gasteiger partial charge on any atom is -0.386 e. The highest BCUT2D eigenvalue weighted by atomic mass is 35.5. The third kappa shape index (κ3) is 3.81. The second kappa shape index (κ2) is 7.41. The van der Waals surface area contributed by atoms with Gasteiger partial charge in [-0.2, -0.15) is 0 Å². The number of halogens is 1. The number of nitrogens with two attached hydrogens (primary N) is 1. The molecule has 0 aliphatic rings. The Morgan fingerprint density at radius 3 is 2.25 bits per heavy atom.